The van der Waals surface area contributed by atoms with E-state index in [1.165, 1.54) is 32.1 Å². The van der Waals surface area contributed by atoms with Gasteiger partial charge in [0.15, 0.2) is 0 Å². The number of methoxy groups -OCH3 is 1. The zero-order chi connectivity index (χ0) is 18.9. The molecule has 1 aromatic rings. The second-order valence-electron chi connectivity index (χ2n) is 8.56. The van der Waals surface area contributed by atoms with E-state index in [9.17, 15) is 9.59 Å². The van der Waals surface area contributed by atoms with E-state index in [0.29, 0.717) is 31.0 Å². The first-order valence-electron chi connectivity index (χ1n) is 10.3. The molecule has 2 saturated carbocycles. The van der Waals surface area contributed by atoms with Gasteiger partial charge >= 0.3 is 0 Å². The van der Waals surface area contributed by atoms with E-state index in [-0.39, 0.29) is 17.4 Å². The molecule has 5 heteroatoms. The smallest absolute Gasteiger partial charge is 0.251 e. The summed E-state index contributed by atoms with van der Waals surface area (Å²) in [5, 5.41) is 3.23. The number of likely N-dealkylation sites (tertiary alicyclic amines) is 1. The molecule has 1 aliphatic heterocycles. The first-order valence-corrected chi connectivity index (χ1v) is 10.3. The molecule has 0 bridgehead atoms. The van der Waals surface area contributed by atoms with Gasteiger partial charge in [-0.15, -0.1) is 0 Å². The molecule has 2 amide bonds. The molecule has 0 atom stereocenters. The second-order valence-corrected chi connectivity index (χ2v) is 8.56. The lowest BCUT2D eigenvalue weighted by atomic mass is 9.79. The molecule has 3 fully saturated rings. The molecule has 4 rings (SSSR count). The van der Waals surface area contributed by atoms with Crippen LogP contribution in [0.15, 0.2) is 30.3 Å². The van der Waals surface area contributed by atoms with Crippen molar-refractivity contribution in [2.24, 2.45) is 5.92 Å². The summed E-state index contributed by atoms with van der Waals surface area (Å²) < 4.78 is 5.82. The Morgan fingerprint density at radius 1 is 1.11 bits per heavy atom. The molecule has 3 aliphatic rings. The van der Waals surface area contributed by atoms with E-state index < -0.39 is 5.54 Å². The third kappa shape index (κ3) is 3.49. The SMILES string of the molecule is COC1(C2(NC(=O)c3ccccc3)CN(C(=O)CC3CCCCC3)C2)CC1. The number of benzene rings is 1. The molecule has 0 aromatic heterocycles. The van der Waals surface area contributed by atoms with Gasteiger partial charge in [0.1, 0.15) is 5.54 Å². The average molecular weight is 370 g/mol. The molecule has 0 spiro atoms. The van der Waals surface area contributed by atoms with Crippen molar-refractivity contribution in [2.45, 2.75) is 62.5 Å². The van der Waals surface area contributed by atoms with Gasteiger partial charge in [0.2, 0.25) is 5.91 Å². The van der Waals surface area contributed by atoms with Gasteiger partial charge in [-0.25, -0.2) is 0 Å². The molecular weight excluding hydrogens is 340 g/mol. The van der Waals surface area contributed by atoms with Gasteiger partial charge in [-0.05, 0) is 43.7 Å². The number of amides is 2. The topological polar surface area (TPSA) is 58.6 Å². The predicted octanol–water partition coefficient (Wildman–Crippen LogP) is 3.15. The number of hydrogen-bond donors (Lipinski definition) is 1. The summed E-state index contributed by atoms with van der Waals surface area (Å²) >= 11 is 0. The highest BCUT2D eigenvalue weighted by molar-refractivity contribution is 5.95. The van der Waals surface area contributed by atoms with Gasteiger partial charge in [0.05, 0.1) is 5.60 Å². The normalized spacial score (nSPS) is 23.4. The molecule has 1 heterocycles. The van der Waals surface area contributed by atoms with Crippen LogP contribution in [0.2, 0.25) is 0 Å². The van der Waals surface area contributed by atoms with Crippen molar-refractivity contribution in [3.05, 3.63) is 35.9 Å². The van der Waals surface area contributed by atoms with Gasteiger partial charge < -0.3 is 15.0 Å². The first kappa shape index (κ1) is 18.5. The van der Waals surface area contributed by atoms with Gasteiger partial charge in [0, 0.05) is 32.2 Å². The Morgan fingerprint density at radius 3 is 2.37 bits per heavy atom. The van der Waals surface area contributed by atoms with Crippen LogP contribution >= 0.6 is 0 Å². The van der Waals surface area contributed by atoms with Crippen molar-refractivity contribution in [1.82, 2.24) is 10.2 Å². The molecule has 1 saturated heterocycles. The number of hydrogen-bond acceptors (Lipinski definition) is 3. The Kier molecular flexibility index (Phi) is 4.97. The monoisotopic (exact) mass is 370 g/mol. The minimum absolute atomic E-state index is 0.0849. The van der Waals surface area contributed by atoms with E-state index >= 15 is 0 Å². The zero-order valence-corrected chi connectivity index (χ0v) is 16.2. The molecule has 1 N–H and O–H groups in total. The quantitative estimate of drug-likeness (QED) is 0.837. The first-order chi connectivity index (χ1) is 13.1. The molecule has 2 aliphatic carbocycles. The lowest BCUT2D eigenvalue weighted by Crippen LogP contribution is -2.77. The van der Waals surface area contributed by atoms with Crippen LogP contribution in [0, 0.1) is 5.92 Å². The molecule has 146 valence electrons. The van der Waals surface area contributed by atoms with Gasteiger partial charge in [-0.3, -0.25) is 9.59 Å². The molecular formula is C22H30N2O3. The van der Waals surface area contributed by atoms with Crippen molar-refractivity contribution in [1.29, 1.82) is 0 Å². The minimum atomic E-state index is -0.461. The summed E-state index contributed by atoms with van der Waals surface area (Å²) in [5.74, 6) is 0.689. The number of nitrogens with one attached hydrogen (secondary N) is 1. The summed E-state index contributed by atoms with van der Waals surface area (Å²) in [6.07, 6.45) is 8.69. The summed E-state index contributed by atoms with van der Waals surface area (Å²) in [6.45, 7) is 1.12. The Bertz CT molecular complexity index is 687. The van der Waals surface area contributed by atoms with Crippen LogP contribution in [0.5, 0.6) is 0 Å². The van der Waals surface area contributed by atoms with Crippen LogP contribution in [0.3, 0.4) is 0 Å². The van der Waals surface area contributed by atoms with Crippen LogP contribution in [-0.4, -0.2) is 48.1 Å². The van der Waals surface area contributed by atoms with Crippen LogP contribution in [0.1, 0.15) is 61.7 Å². The lowest BCUT2D eigenvalue weighted by molar-refractivity contribution is -0.149. The maximum Gasteiger partial charge on any atom is 0.251 e. The van der Waals surface area contributed by atoms with E-state index in [4.69, 9.17) is 4.74 Å². The molecule has 0 radical (unpaired) electrons. The summed E-state index contributed by atoms with van der Waals surface area (Å²) in [7, 11) is 1.72. The third-order valence-corrected chi connectivity index (χ3v) is 6.82. The van der Waals surface area contributed by atoms with Crippen molar-refractivity contribution in [3.8, 4) is 0 Å². The fourth-order valence-corrected chi connectivity index (χ4v) is 4.90. The van der Waals surface area contributed by atoms with Crippen molar-refractivity contribution in [2.75, 3.05) is 20.2 Å². The second kappa shape index (κ2) is 7.27. The number of rotatable bonds is 6. The van der Waals surface area contributed by atoms with E-state index in [0.717, 1.165) is 12.8 Å². The fraction of sp³-hybridized carbons (Fsp3) is 0.636. The summed E-state index contributed by atoms with van der Waals surface area (Å²) in [4.78, 5) is 27.4. The number of ether oxygens (including phenoxy) is 1. The van der Waals surface area contributed by atoms with Gasteiger partial charge in [-0.1, -0.05) is 37.5 Å². The van der Waals surface area contributed by atoms with Crippen molar-refractivity contribution < 1.29 is 14.3 Å². The Morgan fingerprint density at radius 2 is 1.78 bits per heavy atom. The van der Waals surface area contributed by atoms with Crippen LogP contribution in [0.25, 0.3) is 0 Å². The highest BCUT2D eigenvalue weighted by Crippen LogP contribution is 2.52. The van der Waals surface area contributed by atoms with E-state index in [1.807, 2.05) is 35.2 Å². The molecule has 27 heavy (non-hydrogen) atoms. The molecule has 0 unspecified atom stereocenters. The van der Waals surface area contributed by atoms with E-state index in [2.05, 4.69) is 5.32 Å². The Balaban J connectivity index is 1.42. The van der Waals surface area contributed by atoms with Crippen molar-refractivity contribution in [3.63, 3.8) is 0 Å². The number of nitrogens with zero attached hydrogens (tertiary/aromatic N) is 1. The predicted molar refractivity (Wildman–Crippen MR) is 103 cm³/mol. The summed E-state index contributed by atoms with van der Waals surface area (Å²) in [5.41, 5.74) is -0.133. The van der Waals surface area contributed by atoms with E-state index in [1.54, 1.807) is 7.11 Å². The minimum Gasteiger partial charge on any atom is -0.376 e. The standard InChI is InChI=1S/C22H30N2O3/c1-27-22(12-13-22)21(23-20(26)18-10-6-3-7-11-18)15-24(16-21)19(25)14-17-8-4-2-5-9-17/h3,6-7,10-11,17H,2,4-5,8-9,12-16H2,1H3,(H,23,26). The highest BCUT2D eigenvalue weighted by atomic mass is 16.5. The van der Waals surface area contributed by atoms with Gasteiger partial charge in [-0.2, -0.15) is 0 Å². The Labute approximate surface area is 161 Å². The lowest BCUT2D eigenvalue weighted by Gasteiger charge is -2.54. The maximum absolute atomic E-state index is 12.8. The highest BCUT2D eigenvalue weighted by Gasteiger charge is 2.66. The van der Waals surface area contributed by atoms with Crippen LogP contribution in [0.4, 0.5) is 0 Å². The third-order valence-electron chi connectivity index (χ3n) is 6.82. The van der Waals surface area contributed by atoms with Crippen LogP contribution < -0.4 is 5.32 Å². The zero-order valence-electron chi connectivity index (χ0n) is 16.2. The Hall–Kier alpha value is -1.88. The average Bonchev–Trinajstić information content (AvgIpc) is 3.47. The number of carbonyl (C=O) groups excluding carboxylic acids is 2. The molecule has 5 nitrogen and oxygen atoms in total. The fourth-order valence-electron chi connectivity index (χ4n) is 4.90. The largest absolute Gasteiger partial charge is 0.376 e. The maximum atomic E-state index is 12.8. The molecule has 1 aromatic carbocycles. The number of carbonyl (C=O) groups is 2. The summed E-state index contributed by atoms with van der Waals surface area (Å²) in [6, 6.07) is 9.27. The van der Waals surface area contributed by atoms with Crippen molar-refractivity contribution >= 4 is 11.8 Å². The van der Waals surface area contributed by atoms with Gasteiger partial charge in [0.25, 0.3) is 5.91 Å². The van der Waals surface area contributed by atoms with Crippen LogP contribution in [-0.2, 0) is 9.53 Å².